The zero-order chi connectivity index (χ0) is 26.8. The number of benzene rings is 3. The second-order valence-corrected chi connectivity index (χ2v) is 8.95. The number of rotatable bonds is 12. The standard InChI is InChI=1S/C27H27Cl3N2O5/c1-4-10-36-23-9-7-18(13-24(23)34-3)27(33)32-31-15-17-11-22(30)26(25(12-17)35-5-2)37-16-19-6-8-20(28)14-21(19)29/h6-9,11-15H,4-5,10,16H2,1-3H3,(H,32,33)/b31-15+. The van der Waals surface area contributed by atoms with Crippen molar-refractivity contribution in [3.05, 3.63) is 80.3 Å². The molecule has 0 fully saturated rings. The second kappa shape index (κ2) is 14.0. The topological polar surface area (TPSA) is 78.4 Å². The normalized spacial score (nSPS) is 10.9. The zero-order valence-electron chi connectivity index (χ0n) is 20.6. The van der Waals surface area contributed by atoms with Gasteiger partial charge in [0.25, 0.3) is 5.91 Å². The van der Waals surface area contributed by atoms with Gasteiger partial charge >= 0.3 is 0 Å². The summed E-state index contributed by atoms with van der Waals surface area (Å²) < 4.78 is 22.6. The van der Waals surface area contributed by atoms with Crippen molar-refractivity contribution in [2.45, 2.75) is 26.9 Å². The van der Waals surface area contributed by atoms with Gasteiger partial charge in [-0.25, -0.2) is 5.43 Å². The summed E-state index contributed by atoms with van der Waals surface area (Å²) in [5.41, 5.74) is 4.22. The Balaban J connectivity index is 1.71. The molecule has 0 aliphatic carbocycles. The Morgan fingerprint density at radius 3 is 2.43 bits per heavy atom. The summed E-state index contributed by atoms with van der Waals surface area (Å²) >= 11 is 18.7. The Labute approximate surface area is 231 Å². The molecule has 0 radical (unpaired) electrons. The third kappa shape index (κ3) is 7.92. The summed E-state index contributed by atoms with van der Waals surface area (Å²) in [5.74, 6) is 1.43. The van der Waals surface area contributed by atoms with Crippen LogP contribution in [0.1, 0.15) is 41.8 Å². The molecule has 0 bridgehead atoms. The maximum absolute atomic E-state index is 12.6. The number of methoxy groups -OCH3 is 1. The van der Waals surface area contributed by atoms with E-state index in [-0.39, 0.29) is 6.61 Å². The van der Waals surface area contributed by atoms with Crippen molar-refractivity contribution in [2.75, 3.05) is 20.3 Å². The third-order valence-corrected chi connectivity index (χ3v) is 5.85. The molecule has 1 amide bonds. The van der Waals surface area contributed by atoms with Crippen LogP contribution in [-0.4, -0.2) is 32.4 Å². The molecule has 0 atom stereocenters. The van der Waals surface area contributed by atoms with E-state index >= 15 is 0 Å². The van der Waals surface area contributed by atoms with Gasteiger partial charge in [0.2, 0.25) is 0 Å². The predicted octanol–water partition coefficient (Wildman–Crippen LogP) is 7.19. The highest BCUT2D eigenvalue weighted by Gasteiger charge is 2.14. The molecule has 3 aromatic carbocycles. The number of halogens is 3. The largest absolute Gasteiger partial charge is 0.493 e. The Bertz CT molecular complexity index is 1270. The molecule has 3 aromatic rings. The Kier molecular flexibility index (Phi) is 10.7. The third-order valence-electron chi connectivity index (χ3n) is 4.99. The Morgan fingerprint density at radius 1 is 0.919 bits per heavy atom. The van der Waals surface area contributed by atoms with Gasteiger partial charge in [-0.3, -0.25) is 4.79 Å². The molecule has 0 saturated carbocycles. The van der Waals surface area contributed by atoms with Crippen LogP contribution in [0.3, 0.4) is 0 Å². The van der Waals surface area contributed by atoms with Gasteiger partial charge in [-0.15, -0.1) is 0 Å². The van der Waals surface area contributed by atoms with Crippen LogP contribution in [0.4, 0.5) is 0 Å². The van der Waals surface area contributed by atoms with E-state index in [9.17, 15) is 4.79 Å². The fraction of sp³-hybridized carbons (Fsp3) is 0.259. The molecule has 196 valence electrons. The van der Waals surface area contributed by atoms with Crippen molar-refractivity contribution in [1.29, 1.82) is 0 Å². The monoisotopic (exact) mass is 564 g/mol. The maximum Gasteiger partial charge on any atom is 0.271 e. The highest BCUT2D eigenvalue weighted by Crippen LogP contribution is 2.37. The average Bonchev–Trinajstić information content (AvgIpc) is 2.88. The molecule has 3 rings (SSSR count). The lowest BCUT2D eigenvalue weighted by Crippen LogP contribution is -2.17. The van der Waals surface area contributed by atoms with Crippen LogP contribution in [0.5, 0.6) is 23.0 Å². The number of hydrogen-bond donors (Lipinski definition) is 1. The number of hydrazone groups is 1. The molecule has 10 heteroatoms. The molecule has 0 unspecified atom stereocenters. The van der Waals surface area contributed by atoms with E-state index in [1.807, 2.05) is 13.8 Å². The molecule has 1 N–H and O–H groups in total. The van der Waals surface area contributed by atoms with Crippen LogP contribution in [0.15, 0.2) is 53.6 Å². The minimum atomic E-state index is -0.410. The van der Waals surface area contributed by atoms with Crippen LogP contribution < -0.4 is 24.4 Å². The van der Waals surface area contributed by atoms with Crippen molar-refractivity contribution >= 4 is 46.9 Å². The predicted molar refractivity (Wildman–Crippen MR) is 147 cm³/mol. The fourth-order valence-electron chi connectivity index (χ4n) is 3.22. The smallest absolute Gasteiger partial charge is 0.271 e. The van der Waals surface area contributed by atoms with E-state index < -0.39 is 5.91 Å². The van der Waals surface area contributed by atoms with E-state index in [1.165, 1.54) is 13.3 Å². The van der Waals surface area contributed by atoms with Crippen LogP contribution in [0, 0.1) is 0 Å². The maximum atomic E-state index is 12.6. The van der Waals surface area contributed by atoms with Gasteiger partial charge in [0, 0.05) is 21.2 Å². The van der Waals surface area contributed by atoms with Crippen molar-refractivity contribution < 1.29 is 23.7 Å². The number of nitrogens with one attached hydrogen (secondary N) is 1. The highest BCUT2D eigenvalue weighted by molar-refractivity contribution is 6.35. The lowest BCUT2D eigenvalue weighted by Gasteiger charge is -2.15. The molecular formula is C27H27Cl3N2O5. The van der Waals surface area contributed by atoms with E-state index in [0.717, 1.165) is 12.0 Å². The van der Waals surface area contributed by atoms with Crippen LogP contribution in [-0.2, 0) is 6.61 Å². The number of carbonyl (C=O) groups excluding carboxylic acids is 1. The van der Waals surface area contributed by atoms with E-state index in [4.69, 9.17) is 53.8 Å². The van der Waals surface area contributed by atoms with Crippen molar-refractivity contribution in [3.63, 3.8) is 0 Å². The van der Waals surface area contributed by atoms with Crippen LogP contribution in [0.2, 0.25) is 15.1 Å². The first kappa shape index (κ1) is 28.4. The summed E-state index contributed by atoms with van der Waals surface area (Å²) in [6.45, 7) is 4.98. The highest BCUT2D eigenvalue weighted by atomic mass is 35.5. The zero-order valence-corrected chi connectivity index (χ0v) is 22.9. The lowest BCUT2D eigenvalue weighted by molar-refractivity contribution is 0.0954. The molecule has 7 nitrogen and oxygen atoms in total. The number of hydrogen-bond acceptors (Lipinski definition) is 6. The minimum Gasteiger partial charge on any atom is -0.493 e. The quantitative estimate of drug-likeness (QED) is 0.186. The minimum absolute atomic E-state index is 0.172. The molecule has 0 aliphatic heterocycles. The Morgan fingerprint density at radius 2 is 1.73 bits per heavy atom. The van der Waals surface area contributed by atoms with Gasteiger partial charge in [-0.05, 0) is 61.4 Å². The number of ether oxygens (including phenoxy) is 4. The first-order valence-electron chi connectivity index (χ1n) is 11.5. The summed E-state index contributed by atoms with van der Waals surface area (Å²) in [5, 5.41) is 5.39. The SMILES string of the molecule is CCCOc1ccc(C(=O)N/N=C/c2cc(Cl)c(OCc3ccc(Cl)cc3Cl)c(OCC)c2)cc1OC. The van der Waals surface area contributed by atoms with Crippen LogP contribution >= 0.6 is 34.8 Å². The van der Waals surface area contributed by atoms with Gasteiger partial charge in [0.05, 0.1) is 31.6 Å². The molecule has 0 aromatic heterocycles. The van der Waals surface area contributed by atoms with Crippen LogP contribution in [0.25, 0.3) is 0 Å². The molecule has 0 saturated heterocycles. The van der Waals surface area contributed by atoms with Crippen molar-refractivity contribution in [2.24, 2.45) is 5.10 Å². The van der Waals surface area contributed by atoms with E-state index in [0.29, 0.717) is 62.4 Å². The molecular weight excluding hydrogens is 539 g/mol. The van der Waals surface area contributed by atoms with Gasteiger partial charge in [-0.2, -0.15) is 5.10 Å². The van der Waals surface area contributed by atoms with E-state index in [1.54, 1.807) is 48.5 Å². The van der Waals surface area contributed by atoms with Gasteiger partial charge in [0.1, 0.15) is 6.61 Å². The van der Waals surface area contributed by atoms with Crippen molar-refractivity contribution in [1.82, 2.24) is 5.43 Å². The first-order chi connectivity index (χ1) is 17.9. The summed E-state index contributed by atoms with van der Waals surface area (Å²) in [7, 11) is 1.52. The molecule has 0 spiro atoms. The molecule has 0 heterocycles. The van der Waals surface area contributed by atoms with E-state index in [2.05, 4.69) is 10.5 Å². The second-order valence-electron chi connectivity index (χ2n) is 7.70. The average molecular weight is 566 g/mol. The molecule has 0 aliphatic rings. The summed E-state index contributed by atoms with van der Waals surface area (Å²) in [6.07, 6.45) is 2.32. The van der Waals surface area contributed by atoms with Gasteiger partial charge in [0.15, 0.2) is 23.0 Å². The lowest BCUT2D eigenvalue weighted by atomic mass is 10.2. The van der Waals surface area contributed by atoms with Gasteiger partial charge in [-0.1, -0.05) is 47.8 Å². The summed E-state index contributed by atoms with van der Waals surface area (Å²) in [6, 6.07) is 13.5. The molecule has 37 heavy (non-hydrogen) atoms. The fourth-order valence-corrected chi connectivity index (χ4v) is 3.96. The number of nitrogens with zero attached hydrogens (tertiary/aromatic N) is 1. The Hall–Kier alpha value is -3.13. The summed E-state index contributed by atoms with van der Waals surface area (Å²) in [4.78, 5) is 12.6. The number of carbonyl (C=O) groups is 1. The van der Waals surface area contributed by atoms with Gasteiger partial charge < -0.3 is 18.9 Å². The van der Waals surface area contributed by atoms with Crippen molar-refractivity contribution in [3.8, 4) is 23.0 Å². The first-order valence-corrected chi connectivity index (χ1v) is 12.7. The number of amides is 1.